The summed E-state index contributed by atoms with van der Waals surface area (Å²) in [6.07, 6.45) is 1.90. The standard InChI is InChI=1S/C19H33N5O6/c1-4-10(2)15(19(29)30)24-16(26)11(3)22-18(28)13(7-8-14(20)25)23-17(27)12-6-5-9-21-12/h10-13,15,21H,4-9H2,1-3H3,(H2,20,25)(H,22,28)(H,23,27)(H,24,26)(H,29,30). The van der Waals surface area contributed by atoms with E-state index in [1.54, 1.807) is 6.92 Å². The number of nitrogens with two attached hydrogens (primary N) is 1. The number of nitrogens with one attached hydrogen (secondary N) is 4. The molecule has 11 nitrogen and oxygen atoms in total. The minimum Gasteiger partial charge on any atom is -0.480 e. The Morgan fingerprint density at radius 3 is 2.27 bits per heavy atom. The van der Waals surface area contributed by atoms with Crippen molar-refractivity contribution in [2.75, 3.05) is 6.54 Å². The zero-order valence-electron chi connectivity index (χ0n) is 17.7. The number of hydrogen-bond donors (Lipinski definition) is 6. The molecule has 0 aromatic carbocycles. The van der Waals surface area contributed by atoms with E-state index < -0.39 is 47.9 Å². The van der Waals surface area contributed by atoms with Crippen LogP contribution in [-0.4, -0.2) is 65.4 Å². The molecule has 11 heteroatoms. The Bertz CT molecular complexity index is 649. The molecular formula is C19H33N5O6. The van der Waals surface area contributed by atoms with Gasteiger partial charge in [0.25, 0.3) is 0 Å². The van der Waals surface area contributed by atoms with Crippen molar-refractivity contribution in [3.8, 4) is 0 Å². The molecule has 0 saturated carbocycles. The lowest BCUT2D eigenvalue weighted by Crippen LogP contribution is -2.57. The van der Waals surface area contributed by atoms with Gasteiger partial charge in [-0.25, -0.2) is 4.79 Å². The third-order valence-corrected chi connectivity index (χ3v) is 5.22. The summed E-state index contributed by atoms with van der Waals surface area (Å²) in [5, 5.41) is 19.8. The Morgan fingerprint density at radius 2 is 1.77 bits per heavy atom. The molecule has 30 heavy (non-hydrogen) atoms. The number of primary amides is 1. The lowest BCUT2D eigenvalue weighted by molar-refractivity contribution is -0.143. The second-order valence-corrected chi connectivity index (χ2v) is 7.66. The Hall–Kier alpha value is -2.69. The average Bonchev–Trinajstić information content (AvgIpc) is 3.22. The van der Waals surface area contributed by atoms with Gasteiger partial charge in [-0.3, -0.25) is 19.2 Å². The maximum atomic E-state index is 12.6. The fraction of sp³-hybridized carbons (Fsp3) is 0.737. The molecule has 1 aliphatic rings. The summed E-state index contributed by atoms with van der Waals surface area (Å²) in [6.45, 7) is 5.63. The van der Waals surface area contributed by atoms with E-state index in [1.807, 2.05) is 6.92 Å². The summed E-state index contributed by atoms with van der Waals surface area (Å²) in [6, 6.07) is -3.59. The number of carbonyl (C=O) groups is 5. The van der Waals surface area contributed by atoms with Crippen molar-refractivity contribution in [2.24, 2.45) is 11.7 Å². The van der Waals surface area contributed by atoms with E-state index in [0.29, 0.717) is 19.4 Å². The van der Waals surface area contributed by atoms with Crippen molar-refractivity contribution in [1.82, 2.24) is 21.3 Å². The van der Waals surface area contributed by atoms with E-state index >= 15 is 0 Å². The summed E-state index contributed by atoms with van der Waals surface area (Å²) < 4.78 is 0. The molecule has 5 atom stereocenters. The van der Waals surface area contributed by atoms with Gasteiger partial charge in [-0.1, -0.05) is 20.3 Å². The number of carboxylic acids is 1. The second kappa shape index (κ2) is 12.1. The highest BCUT2D eigenvalue weighted by atomic mass is 16.4. The maximum Gasteiger partial charge on any atom is 0.326 e. The van der Waals surface area contributed by atoms with Crippen LogP contribution < -0.4 is 27.0 Å². The van der Waals surface area contributed by atoms with E-state index in [2.05, 4.69) is 21.3 Å². The molecule has 1 fully saturated rings. The Morgan fingerprint density at radius 1 is 1.10 bits per heavy atom. The van der Waals surface area contributed by atoms with Crippen molar-refractivity contribution in [2.45, 2.75) is 77.0 Å². The van der Waals surface area contributed by atoms with Crippen LogP contribution in [0.15, 0.2) is 0 Å². The van der Waals surface area contributed by atoms with E-state index in [4.69, 9.17) is 5.73 Å². The van der Waals surface area contributed by atoms with Gasteiger partial charge in [0.15, 0.2) is 0 Å². The van der Waals surface area contributed by atoms with Gasteiger partial charge in [0.1, 0.15) is 18.1 Å². The van der Waals surface area contributed by atoms with Crippen LogP contribution in [0.3, 0.4) is 0 Å². The predicted molar refractivity (Wildman–Crippen MR) is 108 cm³/mol. The van der Waals surface area contributed by atoms with Crippen LogP contribution in [-0.2, 0) is 24.0 Å². The Kier molecular flexibility index (Phi) is 10.2. The van der Waals surface area contributed by atoms with E-state index in [1.165, 1.54) is 6.92 Å². The number of carboxylic acid groups (broad SMARTS) is 1. The molecule has 0 aromatic rings. The summed E-state index contributed by atoms with van der Waals surface area (Å²) >= 11 is 0. The smallest absolute Gasteiger partial charge is 0.326 e. The van der Waals surface area contributed by atoms with Gasteiger partial charge in [-0.2, -0.15) is 0 Å². The molecule has 7 N–H and O–H groups in total. The molecule has 0 aliphatic carbocycles. The number of aliphatic carboxylic acids is 1. The molecule has 1 aliphatic heterocycles. The number of rotatable bonds is 12. The van der Waals surface area contributed by atoms with Crippen LogP contribution in [0.25, 0.3) is 0 Å². The molecule has 0 aromatic heterocycles. The van der Waals surface area contributed by atoms with Crippen molar-refractivity contribution in [3.63, 3.8) is 0 Å². The van der Waals surface area contributed by atoms with Crippen molar-refractivity contribution in [1.29, 1.82) is 0 Å². The molecule has 170 valence electrons. The van der Waals surface area contributed by atoms with Gasteiger partial charge in [-0.05, 0) is 38.6 Å². The molecule has 0 bridgehead atoms. The van der Waals surface area contributed by atoms with Gasteiger partial charge in [0.2, 0.25) is 23.6 Å². The third kappa shape index (κ3) is 7.97. The maximum absolute atomic E-state index is 12.6. The molecule has 1 saturated heterocycles. The first-order valence-electron chi connectivity index (χ1n) is 10.2. The minimum absolute atomic E-state index is 0.0153. The van der Waals surface area contributed by atoms with Crippen LogP contribution in [0.1, 0.15) is 52.9 Å². The number of carbonyl (C=O) groups excluding carboxylic acids is 4. The van der Waals surface area contributed by atoms with Gasteiger partial charge in [-0.15, -0.1) is 0 Å². The highest BCUT2D eigenvalue weighted by Gasteiger charge is 2.31. The quantitative estimate of drug-likeness (QED) is 0.222. The molecule has 1 rings (SSSR count). The Balaban J connectivity index is 2.74. The first-order valence-corrected chi connectivity index (χ1v) is 10.2. The average molecular weight is 428 g/mol. The number of hydrogen-bond acceptors (Lipinski definition) is 6. The first kappa shape index (κ1) is 25.3. The van der Waals surface area contributed by atoms with E-state index in [9.17, 15) is 29.1 Å². The largest absolute Gasteiger partial charge is 0.480 e. The minimum atomic E-state index is -1.16. The summed E-state index contributed by atoms with van der Waals surface area (Å²) in [7, 11) is 0. The van der Waals surface area contributed by atoms with Crippen molar-refractivity contribution < 1.29 is 29.1 Å². The molecule has 0 spiro atoms. The molecule has 5 unspecified atom stereocenters. The SMILES string of the molecule is CCC(C)C(NC(=O)C(C)NC(=O)C(CCC(N)=O)NC(=O)C1CCCN1)C(=O)O. The highest BCUT2D eigenvalue weighted by Crippen LogP contribution is 2.09. The summed E-state index contributed by atoms with van der Waals surface area (Å²) in [5.74, 6) is -3.75. The van der Waals surface area contributed by atoms with Gasteiger partial charge >= 0.3 is 5.97 Å². The first-order chi connectivity index (χ1) is 14.1. The monoisotopic (exact) mass is 427 g/mol. The second-order valence-electron chi connectivity index (χ2n) is 7.66. The van der Waals surface area contributed by atoms with Crippen LogP contribution in [0.4, 0.5) is 0 Å². The fourth-order valence-electron chi connectivity index (χ4n) is 3.08. The predicted octanol–water partition coefficient (Wildman–Crippen LogP) is -1.39. The van der Waals surface area contributed by atoms with Crippen molar-refractivity contribution >= 4 is 29.6 Å². The normalized spacial score (nSPS) is 19.8. The summed E-state index contributed by atoms with van der Waals surface area (Å²) in [4.78, 5) is 59.9. The zero-order valence-corrected chi connectivity index (χ0v) is 17.7. The fourth-order valence-corrected chi connectivity index (χ4v) is 3.08. The van der Waals surface area contributed by atoms with Gasteiger partial charge in [0.05, 0.1) is 6.04 Å². The molecular weight excluding hydrogens is 394 g/mol. The van der Waals surface area contributed by atoms with Crippen LogP contribution in [0, 0.1) is 5.92 Å². The zero-order chi connectivity index (χ0) is 22.8. The van der Waals surface area contributed by atoms with Crippen molar-refractivity contribution in [3.05, 3.63) is 0 Å². The van der Waals surface area contributed by atoms with Crippen LogP contribution in [0.2, 0.25) is 0 Å². The lowest BCUT2D eigenvalue weighted by atomic mass is 9.99. The van der Waals surface area contributed by atoms with Gasteiger partial charge < -0.3 is 32.1 Å². The van der Waals surface area contributed by atoms with Gasteiger partial charge in [0, 0.05) is 6.42 Å². The van der Waals surface area contributed by atoms with Crippen LogP contribution >= 0.6 is 0 Å². The topological polar surface area (TPSA) is 180 Å². The Labute approximate surface area is 175 Å². The molecule has 1 heterocycles. The molecule has 4 amide bonds. The van der Waals surface area contributed by atoms with E-state index in [0.717, 1.165) is 6.42 Å². The van der Waals surface area contributed by atoms with E-state index in [-0.39, 0.29) is 24.7 Å². The molecule has 0 radical (unpaired) electrons. The highest BCUT2D eigenvalue weighted by molar-refractivity contribution is 5.94. The van der Waals surface area contributed by atoms with Crippen LogP contribution in [0.5, 0.6) is 0 Å². The third-order valence-electron chi connectivity index (χ3n) is 5.22. The lowest BCUT2D eigenvalue weighted by Gasteiger charge is -2.25. The summed E-state index contributed by atoms with van der Waals surface area (Å²) in [5.41, 5.74) is 5.15. The number of amides is 4.